The minimum absolute atomic E-state index is 0.227. The Balaban J connectivity index is 2.82. The summed E-state index contributed by atoms with van der Waals surface area (Å²) in [6.45, 7) is 2.38. The van der Waals surface area contributed by atoms with E-state index in [4.69, 9.17) is 4.74 Å². The summed E-state index contributed by atoms with van der Waals surface area (Å²) < 4.78 is 42.5. The second-order valence-corrected chi connectivity index (χ2v) is 3.45. The average Bonchev–Trinajstić information content (AvgIpc) is 2.19. The number of methoxy groups -OCH3 is 1. The van der Waals surface area contributed by atoms with Crippen LogP contribution >= 0.6 is 0 Å². The molecule has 2 nitrogen and oxygen atoms in total. The monoisotopic (exact) mass is 233 g/mol. The normalized spacial score (nSPS) is 11.6. The van der Waals surface area contributed by atoms with Crippen molar-refractivity contribution < 1.29 is 17.9 Å². The first kappa shape index (κ1) is 12.8. The number of hydrogen-bond acceptors (Lipinski definition) is 2. The molecule has 0 unspecified atom stereocenters. The van der Waals surface area contributed by atoms with Gasteiger partial charge in [0, 0.05) is 19.3 Å². The Labute approximate surface area is 92.4 Å². The van der Waals surface area contributed by atoms with Gasteiger partial charge in [0.1, 0.15) is 0 Å². The summed E-state index contributed by atoms with van der Waals surface area (Å²) in [4.78, 5) is 0. The van der Waals surface area contributed by atoms with Gasteiger partial charge in [-0.05, 0) is 24.6 Å². The van der Waals surface area contributed by atoms with Crippen molar-refractivity contribution in [2.24, 2.45) is 0 Å². The molecule has 1 rings (SSSR count). The number of anilines is 1. The molecule has 0 aliphatic rings. The Morgan fingerprint density at radius 2 is 2.00 bits per heavy atom. The molecule has 1 aromatic rings. The van der Waals surface area contributed by atoms with Gasteiger partial charge in [-0.1, -0.05) is 6.07 Å². The molecule has 0 bridgehead atoms. The molecule has 0 amide bonds. The second-order valence-electron chi connectivity index (χ2n) is 3.45. The van der Waals surface area contributed by atoms with Crippen LogP contribution in [-0.2, 0) is 10.9 Å². The minimum Gasteiger partial charge on any atom is -0.383 e. The van der Waals surface area contributed by atoms with E-state index in [9.17, 15) is 13.2 Å². The highest BCUT2D eigenvalue weighted by atomic mass is 19.4. The minimum atomic E-state index is -4.30. The molecule has 0 radical (unpaired) electrons. The lowest BCUT2D eigenvalue weighted by molar-refractivity contribution is -0.138. The Morgan fingerprint density at radius 3 is 2.56 bits per heavy atom. The average molecular weight is 233 g/mol. The van der Waals surface area contributed by atoms with Gasteiger partial charge in [-0.3, -0.25) is 0 Å². The number of ether oxygens (including phenoxy) is 1. The van der Waals surface area contributed by atoms with Crippen LogP contribution in [0.25, 0.3) is 0 Å². The van der Waals surface area contributed by atoms with Gasteiger partial charge in [0.25, 0.3) is 0 Å². The predicted octanol–water partition coefficient (Wildman–Crippen LogP) is 3.07. The van der Waals surface area contributed by atoms with Crippen LogP contribution in [0, 0.1) is 6.92 Å². The molecule has 0 aliphatic heterocycles. The van der Waals surface area contributed by atoms with Gasteiger partial charge in [-0.2, -0.15) is 13.2 Å². The lowest BCUT2D eigenvalue weighted by Crippen LogP contribution is -2.11. The molecular weight excluding hydrogens is 219 g/mol. The summed E-state index contributed by atoms with van der Waals surface area (Å²) in [6.07, 6.45) is -4.30. The molecule has 0 fully saturated rings. The SMILES string of the molecule is COCCNc1ccc(C)c(C(F)(F)F)c1. The number of rotatable bonds is 4. The number of aryl methyl sites for hydroxylation is 1. The Kier molecular flexibility index (Phi) is 4.18. The molecule has 0 aromatic heterocycles. The van der Waals surface area contributed by atoms with Crippen LogP contribution in [-0.4, -0.2) is 20.3 Å². The highest BCUT2D eigenvalue weighted by Crippen LogP contribution is 2.33. The highest BCUT2D eigenvalue weighted by molar-refractivity contribution is 5.49. The summed E-state index contributed by atoms with van der Waals surface area (Å²) >= 11 is 0. The molecule has 0 heterocycles. The van der Waals surface area contributed by atoms with Crippen molar-refractivity contribution in [3.05, 3.63) is 29.3 Å². The molecular formula is C11H14F3NO. The molecule has 5 heteroatoms. The number of hydrogen-bond donors (Lipinski definition) is 1. The number of alkyl halides is 3. The molecule has 16 heavy (non-hydrogen) atoms. The smallest absolute Gasteiger partial charge is 0.383 e. The zero-order chi connectivity index (χ0) is 12.2. The van der Waals surface area contributed by atoms with Crippen LogP contribution in [0.2, 0.25) is 0 Å². The number of benzene rings is 1. The van der Waals surface area contributed by atoms with E-state index in [1.807, 2.05) is 0 Å². The van der Waals surface area contributed by atoms with Gasteiger partial charge in [0.15, 0.2) is 0 Å². The van der Waals surface area contributed by atoms with E-state index in [1.165, 1.54) is 20.1 Å². The third-order valence-electron chi connectivity index (χ3n) is 2.18. The van der Waals surface area contributed by atoms with Gasteiger partial charge >= 0.3 is 6.18 Å². The lowest BCUT2D eigenvalue weighted by Gasteiger charge is -2.13. The zero-order valence-electron chi connectivity index (χ0n) is 9.19. The van der Waals surface area contributed by atoms with Gasteiger partial charge in [-0.15, -0.1) is 0 Å². The van der Waals surface area contributed by atoms with E-state index in [2.05, 4.69) is 5.32 Å². The predicted molar refractivity (Wildman–Crippen MR) is 56.5 cm³/mol. The summed E-state index contributed by atoms with van der Waals surface area (Å²) in [5.74, 6) is 0. The third-order valence-corrected chi connectivity index (χ3v) is 2.18. The van der Waals surface area contributed by atoms with Crippen LogP contribution in [0.4, 0.5) is 18.9 Å². The first-order chi connectivity index (χ1) is 7.45. The lowest BCUT2D eigenvalue weighted by atomic mass is 10.1. The standard InChI is InChI=1S/C11H14F3NO/c1-8-3-4-9(15-5-6-16-2)7-10(8)11(12,13)14/h3-4,7,15H,5-6H2,1-2H3. The summed E-state index contributed by atoms with van der Waals surface area (Å²) in [6, 6.07) is 4.20. The topological polar surface area (TPSA) is 21.3 Å². The molecule has 1 N–H and O–H groups in total. The molecule has 0 atom stereocenters. The van der Waals surface area contributed by atoms with Gasteiger partial charge in [0.05, 0.1) is 12.2 Å². The van der Waals surface area contributed by atoms with E-state index in [0.717, 1.165) is 6.07 Å². The third kappa shape index (κ3) is 3.41. The van der Waals surface area contributed by atoms with E-state index in [0.29, 0.717) is 18.8 Å². The molecule has 0 spiro atoms. The Bertz CT molecular complexity index is 350. The quantitative estimate of drug-likeness (QED) is 0.807. The van der Waals surface area contributed by atoms with Gasteiger partial charge in [-0.25, -0.2) is 0 Å². The fourth-order valence-electron chi connectivity index (χ4n) is 1.33. The first-order valence-corrected chi connectivity index (χ1v) is 4.86. The van der Waals surface area contributed by atoms with Crippen molar-refractivity contribution in [3.63, 3.8) is 0 Å². The van der Waals surface area contributed by atoms with Gasteiger partial charge < -0.3 is 10.1 Å². The maximum atomic E-state index is 12.6. The Morgan fingerprint density at radius 1 is 1.31 bits per heavy atom. The maximum absolute atomic E-state index is 12.6. The summed E-state index contributed by atoms with van der Waals surface area (Å²) in [5, 5.41) is 2.86. The van der Waals surface area contributed by atoms with Crippen LogP contribution in [0.3, 0.4) is 0 Å². The fraction of sp³-hybridized carbons (Fsp3) is 0.455. The van der Waals surface area contributed by atoms with Crippen molar-refractivity contribution in [1.29, 1.82) is 0 Å². The Hall–Kier alpha value is -1.23. The van der Waals surface area contributed by atoms with E-state index in [-0.39, 0.29) is 5.56 Å². The molecule has 90 valence electrons. The molecule has 1 aromatic carbocycles. The first-order valence-electron chi connectivity index (χ1n) is 4.86. The van der Waals surface area contributed by atoms with Crippen molar-refractivity contribution in [2.45, 2.75) is 13.1 Å². The van der Waals surface area contributed by atoms with E-state index < -0.39 is 11.7 Å². The van der Waals surface area contributed by atoms with Crippen molar-refractivity contribution in [3.8, 4) is 0 Å². The maximum Gasteiger partial charge on any atom is 0.416 e. The fourth-order valence-corrected chi connectivity index (χ4v) is 1.33. The molecule has 0 saturated heterocycles. The highest BCUT2D eigenvalue weighted by Gasteiger charge is 2.32. The van der Waals surface area contributed by atoms with E-state index in [1.54, 1.807) is 6.07 Å². The van der Waals surface area contributed by atoms with Crippen molar-refractivity contribution in [1.82, 2.24) is 0 Å². The number of nitrogens with one attached hydrogen (secondary N) is 1. The van der Waals surface area contributed by atoms with Crippen LogP contribution in [0.5, 0.6) is 0 Å². The second kappa shape index (κ2) is 5.21. The summed E-state index contributed by atoms with van der Waals surface area (Å²) in [5.41, 5.74) is 0.0784. The van der Waals surface area contributed by atoms with Gasteiger partial charge in [0.2, 0.25) is 0 Å². The van der Waals surface area contributed by atoms with Crippen LogP contribution in [0.15, 0.2) is 18.2 Å². The van der Waals surface area contributed by atoms with Crippen molar-refractivity contribution in [2.75, 3.05) is 25.6 Å². The summed E-state index contributed by atoms with van der Waals surface area (Å²) in [7, 11) is 1.54. The largest absolute Gasteiger partial charge is 0.416 e. The van der Waals surface area contributed by atoms with E-state index >= 15 is 0 Å². The molecule has 0 saturated carbocycles. The molecule has 0 aliphatic carbocycles. The number of halogens is 3. The van der Waals surface area contributed by atoms with Crippen LogP contribution in [0.1, 0.15) is 11.1 Å². The van der Waals surface area contributed by atoms with Crippen LogP contribution < -0.4 is 5.32 Å². The zero-order valence-corrected chi connectivity index (χ0v) is 9.19. The van der Waals surface area contributed by atoms with Crippen molar-refractivity contribution >= 4 is 5.69 Å².